The lowest BCUT2D eigenvalue weighted by Crippen LogP contribution is -2.29. The van der Waals surface area contributed by atoms with E-state index in [4.69, 9.17) is 17.4 Å². The summed E-state index contributed by atoms with van der Waals surface area (Å²) in [6.45, 7) is 2.06. The van der Waals surface area contributed by atoms with Crippen LogP contribution in [0.15, 0.2) is 29.8 Å². The van der Waals surface area contributed by atoms with Gasteiger partial charge in [0.05, 0.1) is 16.8 Å². The van der Waals surface area contributed by atoms with E-state index in [1.54, 1.807) is 23.6 Å². The van der Waals surface area contributed by atoms with Gasteiger partial charge in [-0.2, -0.15) is 0 Å². The minimum Gasteiger partial charge on any atom is -0.271 e. The van der Waals surface area contributed by atoms with Crippen LogP contribution < -0.4 is 11.3 Å². The van der Waals surface area contributed by atoms with Crippen LogP contribution in [0, 0.1) is 6.92 Å². The number of hydrogen-bond acceptors (Lipinski definition) is 4. The predicted octanol–water partition coefficient (Wildman–Crippen LogP) is 2.66. The topological polar surface area (TPSA) is 50.9 Å². The molecular formula is C11H12ClN3S. The number of hydrazine groups is 1. The number of nitrogens with two attached hydrogens (primary N) is 1. The highest BCUT2D eigenvalue weighted by atomic mass is 35.5. The summed E-state index contributed by atoms with van der Waals surface area (Å²) in [5.41, 5.74) is 4.64. The Morgan fingerprint density at radius 2 is 2.31 bits per heavy atom. The van der Waals surface area contributed by atoms with Crippen molar-refractivity contribution in [1.82, 2.24) is 10.4 Å². The number of rotatable bonds is 3. The first-order valence-corrected chi connectivity index (χ1v) is 6.10. The number of thiophene rings is 1. The average molecular weight is 254 g/mol. The fraction of sp³-hybridized carbons (Fsp3) is 0.182. The average Bonchev–Trinajstić information content (AvgIpc) is 2.69. The van der Waals surface area contributed by atoms with E-state index in [0.29, 0.717) is 5.02 Å². The second-order valence-corrected chi connectivity index (χ2v) is 4.93. The molecule has 0 aliphatic carbocycles. The van der Waals surface area contributed by atoms with Crippen LogP contribution in [0.5, 0.6) is 0 Å². The lowest BCUT2D eigenvalue weighted by molar-refractivity contribution is 0.620. The smallest absolute Gasteiger partial charge is 0.0907 e. The third-order valence-corrected chi connectivity index (χ3v) is 3.62. The molecule has 1 unspecified atom stereocenters. The molecule has 2 aromatic heterocycles. The SMILES string of the molecule is Cc1sccc1C(NN)c1ncccc1Cl. The van der Waals surface area contributed by atoms with Crippen LogP contribution in [0.4, 0.5) is 0 Å². The molecule has 1 atom stereocenters. The third kappa shape index (κ3) is 2.10. The first-order valence-electron chi connectivity index (χ1n) is 4.84. The summed E-state index contributed by atoms with van der Waals surface area (Å²) in [6, 6.07) is 5.51. The molecule has 0 saturated heterocycles. The Balaban J connectivity index is 2.45. The first kappa shape index (κ1) is 11.5. The number of pyridine rings is 1. The van der Waals surface area contributed by atoms with Crippen molar-refractivity contribution in [2.45, 2.75) is 13.0 Å². The zero-order chi connectivity index (χ0) is 11.5. The van der Waals surface area contributed by atoms with Crippen molar-refractivity contribution in [3.05, 3.63) is 50.9 Å². The van der Waals surface area contributed by atoms with E-state index < -0.39 is 0 Å². The zero-order valence-corrected chi connectivity index (χ0v) is 10.3. The van der Waals surface area contributed by atoms with Crippen molar-refractivity contribution in [3.63, 3.8) is 0 Å². The van der Waals surface area contributed by atoms with Gasteiger partial charge in [-0.3, -0.25) is 10.8 Å². The molecule has 0 fully saturated rings. The molecule has 0 saturated carbocycles. The number of nitrogens with one attached hydrogen (secondary N) is 1. The predicted molar refractivity (Wildman–Crippen MR) is 67.5 cm³/mol. The molecule has 5 heteroatoms. The van der Waals surface area contributed by atoms with Crippen LogP contribution >= 0.6 is 22.9 Å². The minimum atomic E-state index is -0.153. The van der Waals surface area contributed by atoms with Crippen molar-refractivity contribution in [3.8, 4) is 0 Å². The summed E-state index contributed by atoms with van der Waals surface area (Å²) < 4.78 is 0. The lowest BCUT2D eigenvalue weighted by Gasteiger charge is -2.16. The Kier molecular flexibility index (Phi) is 3.56. The van der Waals surface area contributed by atoms with Gasteiger partial charge in [-0.15, -0.1) is 11.3 Å². The quantitative estimate of drug-likeness (QED) is 0.653. The van der Waals surface area contributed by atoms with Gasteiger partial charge in [0.15, 0.2) is 0 Å². The number of aromatic nitrogens is 1. The standard InChI is InChI=1S/C11H12ClN3S/c1-7-8(4-6-16-7)10(15-13)11-9(12)3-2-5-14-11/h2-6,10,15H,13H2,1H3. The van der Waals surface area contributed by atoms with Crippen LogP contribution in [-0.4, -0.2) is 4.98 Å². The molecule has 2 rings (SSSR count). The van der Waals surface area contributed by atoms with Crippen molar-refractivity contribution in [2.24, 2.45) is 5.84 Å². The molecule has 0 radical (unpaired) electrons. The van der Waals surface area contributed by atoms with Crippen LogP contribution in [0.2, 0.25) is 5.02 Å². The molecule has 0 amide bonds. The van der Waals surface area contributed by atoms with E-state index >= 15 is 0 Å². The molecule has 0 bridgehead atoms. The Morgan fingerprint density at radius 1 is 1.50 bits per heavy atom. The van der Waals surface area contributed by atoms with Gasteiger partial charge in [0, 0.05) is 11.1 Å². The molecule has 2 aromatic rings. The molecular weight excluding hydrogens is 242 g/mol. The monoisotopic (exact) mass is 253 g/mol. The van der Waals surface area contributed by atoms with Gasteiger partial charge in [0.25, 0.3) is 0 Å². The minimum absolute atomic E-state index is 0.153. The highest BCUT2D eigenvalue weighted by Crippen LogP contribution is 2.29. The molecule has 16 heavy (non-hydrogen) atoms. The normalized spacial score (nSPS) is 12.7. The van der Waals surface area contributed by atoms with Gasteiger partial charge >= 0.3 is 0 Å². The highest BCUT2D eigenvalue weighted by molar-refractivity contribution is 7.10. The molecule has 3 nitrogen and oxygen atoms in total. The van der Waals surface area contributed by atoms with Crippen LogP contribution in [0.25, 0.3) is 0 Å². The second-order valence-electron chi connectivity index (χ2n) is 3.40. The second kappa shape index (κ2) is 4.93. The van der Waals surface area contributed by atoms with Crippen molar-refractivity contribution in [2.75, 3.05) is 0 Å². The van der Waals surface area contributed by atoms with Gasteiger partial charge in [0.1, 0.15) is 0 Å². The molecule has 0 aliphatic rings. The summed E-state index contributed by atoms with van der Waals surface area (Å²) in [5.74, 6) is 5.59. The van der Waals surface area contributed by atoms with Crippen molar-refractivity contribution < 1.29 is 0 Å². The van der Waals surface area contributed by atoms with Gasteiger partial charge in [0.2, 0.25) is 0 Å². The van der Waals surface area contributed by atoms with Crippen molar-refractivity contribution >= 4 is 22.9 Å². The van der Waals surface area contributed by atoms with E-state index in [1.165, 1.54) is 4.88 Å². The van der Waals surface area contributed by atoms with E-state index in [0.717, 1.165) is 11.3 Å². The lowest BCUT2D eigenvalue weighted by atomic mass is 10.1. The molecule has 0 aliphatic heterocycles. The zero-order valence-electron chi connectivity index (χ0n) is 8.77. The molecule has 3 N–H and O–H groups in total. The largest absolute Gasteiger partial charge is 0.271 e. The van der Waals surface area contributed by atoms with E-state index in [2.05, 4.69) is 17.3 Å². The van der Waals surface area contributed by atoms with Gasteiger partial charge in [-0.05, 0) is 36.1 Å². The van der Waals surface area contributed by atoms with Gasteiger partial charge in [-0.1, -0.05) is 11.6 Å². The number of hydrogen-bond donors (Lipinski definition) is 2. The summed E-state index contributed by atoms with van der Waals surface area (Å²) in [5, 5.41) is 2.65. The number of halogens is 1. The fourth-order valence-electron chi connectivity index (χ4n) is 1.62. The number of aryl methyl sites for hydroxylation is 1. The number of nitrogens with zero attached hydrogens (tertiary/aromatic N) is 1. The Morgan fingerprint density at radius 3 is 2.88 bits per heavy atom. The Bertz CT molecular complexity index is 484. The first-order chi connectivity index (χ1) is 7.74. The maximum absolute atomic E-state index is 6.11. The van der Waals surface area contributed by atoms with E-state index in [1.807, 2.05) is 17.5 Å². The Labute approximate surface area is 103 Å². The summed E-state index contributed by atoms with van der Waals surface area (Å²) in [7, 11) is 0. The molecule has 84 valence electrons. The third-order valence-electron chi connectivity index (χ3n) is 2.44. The van der Waals surface area contributed by atoms with E-state index in [9.17, 15) is 0 Å². The molecule has 0 spiro atoms. The van der Waals surface area contributed by atoms with Crippen LogP contribution in [0.3, 0.4) is 0 Å². The summed E-state index contributed by atoms with van der Waals surface area (Å²) in [4.78, 5) is 5.49. The van der Waals surface area contributed by atoms with Crippen LogP contribution in [0.1, 0.15) is 22.2 Å². The van der Waals surface area contributed by atoms with Gasteiger partial charge < -0.3 is 0 Å². The van der Waals surface area contributed by atoms with Gasteiger partial charge in [-0.25, -0.2) is 5.43 Å². The van der Waals surface area contributed by atoms with Crippen molar-refractivity contribution in [1.29, 1.82) is 0 Å². The Hall–Kier alpha value is -0.940. The molecule has 0 aromatic carbocycles. The van der Waals surface area contributed by atoms with E-state index in [-0.39, 0.29) is 6.04 Å². The fourth-order valence-corrected chi connectivity index (χ4v) is 2.59. The summed E-state index contributed by atoms with van der Waals surface area (Å²) in [6.07, 6.45) is 1.72. The summed E-state index contributed by atoms with van der Waals surface area (Å²) >= 11 is 7.79. The highest BCUT2D eigenvalue weighted by Gasteiger charge is 2.19. The maximum Gasteiger partial charge on any atom is 0.0907 e. The molecule has 2 heterocycles. The van der Waals surface area contributed by atoms with Crippen LogP contribution in [-0.2, 0) is 0 Å². The maximum atomic E-state index is 6.11.